The topological polar surface area (TPSA) is 570 Å². The molecule has 0 bridgehead atoms. The molecular weight excluding hydrogens is 1550 g/mol. The monoisotopic (exact) mass is 1640 g/mol. The number of aromatic nitrogens is 15. The van der Waals surface area contributed by atoms with Crippen molar-refractivity contribution >= 4 is 124 Å². The van der Waals surface area contributed by atoms with Gasteiger partial charge in [-0.25, -0.2) is 29.6 Å². The Morgan fingerprint density at radius 1 is 0.467 bits per heavy atom. The van der Waals surface area contributed by atoms with Gasteiger partial charge in [-0.1, -0.05) is 59.4 Å². The maximum Gasteiger partial charge on any atom is 0.363 e. The smallest absolute Gasteiger partial charge is 0.363 e. The van der Waals surface area contributed by atoms with E-state index in [1.54, 1.807) is 29.9 Å². The number of aliphatic hydroxyl groups is 7. The van der Waals surface area contributed by atoms with Gasteiger partial charge in [-0.2, -0.15) is 0 Å². The van der Waals surface area contributed by atoms with Gasteiger partial charge in [0.15, 0.2) is 0 Å². The Hall–Kier alpha value is -6.80. The quantitative estimate of drug-likeness (QED) is 0.0618. The van der Waals surface area contributed by atoms with E-state index in [1.165, 1.54) is 51.6 Å². The van der Waals surface area contributed by atoms with E-state index in [2.05, 4.69) is 135 Å². The Bertz CT molecular complexity index is 5060. The largest absolute Gasteiger partial charge is 0.395 e. The highest BCUT2D eigenvalue weighted by molar-refractivity contribution is 7.44. The molecule has 0 amide bonds. The molecule has 0 aliphatic carbocycles. The maximum absolute atomic E-state index is 11.8. The van der Waals surface area contributed by atoms with Crippen molar-refractivity contribution in [3.05, 3.63) is 154 Å². The van der Waals surface area contributed by atoms with Crippen LogP contribution in [-0.4, -0.2) is 243 Å². The van der Waals surface area contributed by atoms with Gasteiger partial charge in [0, 0.05) is 70.9 Å². The molecule has 15 heterocycles. The molecule has 0 aromatic carbocycles. The first-order valence-electron chi connectivity index (χ1n) is 32.8. The summed E-state index contributed by atoms with van der Waals surface area (Å²) in [7, 11) is 4.64. The minimum absolute atomic E-state index is 0.0185. The summed E-state index contributed by atoms with van der Waals surface area (Å²) in [4.78, 5) is 106. The number of hydrogen-bond acceptors (Lipinski definition) is 29. The highest BCUT2D eigenvalue weighted by Crippen LogP contribution is 2.46. The first-order valence-corrected chi connectivity index (χ1v) is 42.5. The van der Waals surface area contributed by atoms with Gasteiger partial charge < -0.3 is 104 Å². The van der Waals surface area contributed by atoms with Crippen LogP contribution in [0.25, 0.3) is 55.2 Å². The molecule has 5 aliphatic rings. The Morgan fingerprint density at radius 3 is 1.25 bits per heavy atom. The number of aliphatic hydroxyl groups excluding tert-OH is 7. The zero-order chi connectivity index (χ0) is 77.4. The summed E-state index contributed by atoms with van der Waals surface area (Å²) in [5.41, 5.74) is 7.79. The van der Waals surface area contributed by atoms with Crippen LogP contribution >= 0.6 is 68.8 Å². The average molecular weight is 1640 g/mol. The molecular formula is C60H84N20O19P8+4. The Morgan fingerprint density at radius 2 is 0.850 bits per heavy atom. The van der Waals surface area contributed by atoms with Crippen molar-refractivity contribution in [2.24, 2.45) is 5.92 Å². The van der Waals surface area contributed by atoms with Gasteiger partial charge in [-0.15, -0.1) is 0 Å². The normalized spacial score (nSPS) is 26.3. The summed E-state index contributed by atoms with van der Waals surface area (Å²) in [5, 5.41) is 70.9. The Balaban J connectivity index is 0.000000141. The van der Waals surface area contributed by atoms with Crippen molar-refractivity contribution in [2.45, 2.75) is 112 Å². The number of nitrogens with one attached hydrogen (secondary N) is 11. The van der Waals surface area contributed by atoms with E-state index in [1.807, 2.05) is 27.9 Å². The van der Waals surface area contributed by atoms with Gasteiger partial charge in [-0.3, -0.25) is 38.6 Å². The third-order valence-electron chi connectivity index (χ3n) is 18.2. The van der Waals surface area contributed by atoms with Crippen LogP contribution in [0.3, 0.4) is 0 Å². The van der Waals surface area contributed by atoms with Crippen molar-refractivity contribution in [3.63, 3.8) is 0 Å². The van der Waals surface area contributed by atoms with Crippen molar-refractivity contribution in [2.75, 3.05) is 58.7 Å². The van der Waals surface area contributed by atoms with E-state index in [9.17, 15) is 72.9 Å². The first kappa shape index (κ1) is 82.7. The van der Waals surface area contributed by atoms with Crippen LogP contribution < -0.4 is 33.1 Å². The molecule has 10 aromatic rings. The van der Waals surface area contributed by atoms with Gasteiger partial charge >= 0.3 is 31.2 Å². The SMILES string of the molecule is C[C@H]1C[C@H](c2c[nH]c3c(=O)[nH]cnc23)N(P)[C@@H]1OC[P+](C)=O.C[P+](=O)CO.C[P+](=O)CO[C@@H]1[C@@H](O)[C@@H](O)[C@H](c2c[nH]c3c(=O)[nH]cnc23)N1P.C[P+](=O)CO[C@H]1N[C@@H](c2c[nH]c3c(=O)[nH]cnc23)[C@H](O)[C@@H]1O.O=c1[nH]cnc2c([C@H]3CC=CN3P)c[nH]c12.O=c1[nH]cnc2c([C@H]3C[C@H](O)[C@@H](CO)N3P)c[nH]c12. The van der Waals surface area contributed by atoms with Crippen LogP contribution in [0, 0.1) is 5.92 Å². The first-order chi connectivity index (χ1) is 51.1. The summed E-state index contributed by atoms with van der Waals surface area (Å²) >= 11 is 0. The molecule has 23 atom stereocenters. The zero-order valence-corrected chi connectivity index (χ0v) is 66.1. The van der Waals surface area contributed by atoms with Crippen molar-refractivity contribution in [1.29, 1.82) is 0 Å². The second kappa shape index (κ2) is 36.8. The predicted molar refractivity (Wildman–Crippen MR) is 410 cm³/mol. The van der Waals surface area contributed by atoms with Gasteiger partial charge in [0.25, 0.3) is 27.8 Å². The fourth-order valence-corrected chi connectivity index (χ4v) is 16.4. The third kappa shape index (κ3) is 18.5. The second-order valence-corrected chi connectivity index (χ2v) is 34.0. The number of ether oxygens (including phenoxy) is 3. The lowest BCUT2D eigenvalue weighted by Crippen LogP contribution is -2.35. The highest BCUT2D eigenvalue weighted by atomic mass is 31.1. The number of rotatable bonds is 16. The van der Waals surface area contributed by atoms with Crippen molar-refractivity contribution in [3.8, 4) is 0 Å². The second-order valence-electron chi connectivity index (χ2n) is 25.5. The number of aromatic amines is 10. The number of H-pyrrole nitrogens is 10. The van der Waals surface area contributed by atoms with E-state index in [-0.39, 0.29) is 90.2 Å². The molecule has 107 heavy (non-hydrogen) atoms. The van der Waals surface area contributed by atoms with Crippen molar-refractivity contribution in [1.82, 2.24) is 98.8 Å². The molecule has 10 aromatic heterocycles. The summed E-state index contributed by atoms with van der Waals surface area (Å²) < 4.78 is 67.3. The summed E-state index contributed by atoms with van der Waals surface area (Å²) in [6.45, 7) is 8.18. The Labute approximate surface area is 618 Å². The minimum atomic E-state index is -1.53. The molecule has 4 saturated heterocycles. The lowest BCUT2D eigenvalue weighted by atomic mass is 10.0. The number of fused-ring (bicyclic) bond motifs is 5. The standard InChI is InChI=1S/C13H18N4O3P2.C12H16N4O5P2.C12H15N4O5P.C11H15N4O3P.C10H11N4OP.C2H6O2P/c1-7-3-9(17(21)13(7)20-6-22(2)19)8-4-14-11-10(8)15-5-16-12(11)18;1-23(20)4-21-12-10(18)9(17)8(16(12)22)5-2-13-7-6(5)14-3-15-11(7)19;1-22(20)4-21-12-10(18)9(17)7(16-12)5-2-13-8-6(5)14-3-15-11(8)19;16-3-7-8(17)1-6(15(7)19)5-2-12-10-9(5)13-4-14-11(10)18;15-10-9-8(12-5-13-10)6(4-11-9)7-2-1-3-14(7)16;1-5(4)2-3/h4-5,7,9,13H,3,6,21H2,1-2H3,(H-,14,15,16,18);2-3,8-10,12,17-18H,4,22H2,1H3,(H-,13,14,15,19);2-3,7,9-10,12,16-18H,4H2,1H3,(H-,13,14,15,19);2,4,6-8,12,16-17H,1,3,19H2,(H,13,14,18);1,3-5,7,11H,2,16H2,(H,12,13,15);3H,2H2,1H3/q;;;;;+1/p+3/t7-,9+,13+;8-,9-,10-,12+;7-,9-,10-,12+;6-,7-,8+;7-;/m00011./s1. The molecule has 15 rings (SSSR count). The van der Waals surface area contributed by atoms with Gasteiger partial charge in [0.05, 0.1) is 68.5 Å². The van der Waals surface area contributed by atoms with Gasteiger partial charge in [-0.05, 0) is 40.8 Å². The van der Waals surface area contributed by atoms with E-state index in [0.717, 1.165) is 35.0 Å². The molecule has 8 unspecified atom stereocenters. The van der Waals surface area contributed by atoms with Crippen LogP contribution in [0.15, 0.2) is 98.9 Å². The fraction of sp³-hybridized carbons (Fsp3) is 0.467. The summed E-state index contributed by atoms with van der Waals surface area (Å²) in [6, 6.07) is -1.38. The Kier molecular flexibility index (Phi) is 28.4. The van der Waals surface area contributed by atoms with Gasteiger partial charge in [0.1, 0.15) is 125 Å². The fourth-order valence-electron chi connectivity index (χ4n) is 13.1. The van der Waals surface area contributed by atoms with Gasteiger partial charge in [0.2, 0.25) is 25.4 Å². The van der Waals surface area contributed by atoms with Crippen LogP contribution in [0.5, 0.6) is 0 Å². The molecule has 0 saturated carbocycles. The van der Waals surface area contributed by atoms with E-state index < -0.39 is 86.3 Å². The zero-order valence-electron chi connectivity index (χ0n) is 57.9. The predicted octanol–water partition coefficient (Wildman–Crippen LogP) is 2.64. The maximum atomic E-state index is 11.8. The van der Waals surface area contributed by atoms with Crippen molar-refractivity contribution < 1.29 is 68.2 Å². The van der Waals surface area contributed by atoms with E-state index in [0.29, 0.717) is 73.1 Å². The molecule has 39 nitrogen and oxygen atoms in total. The molecule has 0 spiro atoms. The average Bonchev–Trinajstić information content (AvgIpc) is 1.63. The number of hydrogen-bond donors (Lipinski definition) is 18. The highest BCUT2D eigenvalue weighted by Gasteiger charge is 2.50. The molecule has 47 heteroatoms. The molecule has 18 N–H and O–H groups in total. The molecule has 5 aliphatic heterocycles. The van der Waals surface area contributed by atoms with E-state index >= 15 is 0 Å². The molecule has 0 radical (unpaired) electrons. The third-order valence-corrected chi connectivity index (χ3v) is 22.7. The summed E-state index contributed by atoms with van der Waals surface area (Å²) in [5.74, 6) is 0.296. The molecule has 574 valence electrons. The molecule has 4 fully saturated rings. The lowest BCUT2D eigenvalue weighted by Gasteiger charge is -2.24. The minimum Gasteiger partial charge on any atom is -0.395 e. The van der Waals surface area contributed by atoms with E-state index in [4.69, 9.17) is 19.3 Å². The summed E-state index contributed by atoms with van der Waals surface area (Å²) in [6.07, 6.45) is 14.8. The number of nitrogens with zero attached hydrogens (tertiary/aromatic N) is 9. The van der Waals surface area contributed by atoms with Crippen LogP contribution in [0.1, 0.15) is 84.2 Å². The van der Waals surface area contributed by atoms with Crippen LogP contribution in [0.2, 0.25) is 0 Å². The van der Waals surface area contributed by atoms with Crippen LogP contribution in [-0.2, 0) is 32.5 Å². The lowest BCUT2D eigenvalue weighted by molar-refractivity contribution is -0.0640. The van der Waals surface area contributed by atoms with Crippen LogP contribution in [0.4, 0.5) is 0 Å².